The molecule has 0 atom stereocenters. The number of aryl methyl sites for hydroxylation is 2. The van der Waals surface area contributed by atoms with E-state index < -0.39 is 12.3 Å². The van der Waals surface area contributed by atoms with Crippen LogP contribution in [0.2, 0.25) is 0 Å². The monoisotopic (exact) mass is 396 g/mol. The number of hydrogen-bond acceptors (Lipinski definition) is 4. The van der Waals surface area contributed by atoms with Crippen LogP contribution in [-0.4, -0.2) is 30.1 Å². The highest BCUT2D eigenvalue weighted by Crippen LogP contribution is 2.22. The molecule has 0 saturated carbocycles. The van der Waals surface area contributed by atoms with E-state index >= 15 is 0 Å². The molecule has 0 spiro atoms. The number of nitrogens with one attached hydrogen (secondary N) is 1. The normalized spacial score (nSPS) is 11.3. The molecule has 1 aromatic carbocycles. The number of halogens is 2. The Morgan fingerprint density at radius 1 is 1.24 bits per heavy atom. The summed E-state index contributed by atoms with van der Waals surface area (Å²) in [6.07, 6.45) is 2.14. The number of alkyl halides is 2. The van der Waals surface area contributed by atoms with Gasteiger partial charge in [0, 0.05) is 30.3 Å². The van der Waals surface area contributed by atoms with Gasteiger partial charge < -0.3 is 9.88 Å². The zero-order valence-electron chi connectivity index (χ0n) is 15.8. The largest absolute Gasteiger partial charge is 0.331 e. The van der Waals surface area contributed by atoms with Gasteiger partial charge in [-0.05, 0) is 37.6 Å². The number of carbonyl (C=O) groups excluding carboxylic acids is 1. The van der Waals surface area contributed by atoms with Gasteiger partial charge in [0.1, 0.15) is 17.1 Å². The molecule has 7 nitrogen and oxygen atoms in total. The third-order valence-electron chi connectivity index (χ3n) is 4.56. The molecule has 1 N–H and O–H groups in total. The molecule has 1 amide bonds. The molecule has 3 heterocycles. The smallest absolute Gasteiger partial charge is 0.280 e. The summed E-state index contributed by atoms with van der Waals surface area (Å²) in [4.78, 5) is 21.2. The summed E-state index contributed by atoms with van der Waals surface area (Å²) in [5.74, 6) is 0.427. The number of rotatable bonds is 5. The Kier molecular flexibility index (Phi) is 4.79. The maximum Gasteiger partial charge on any atom is 0.280 e. The molecular formula is C20H18F2N6O. The van der Waals surface area contributed by atoms with Crippen molar-refractivity contribution in [2.24, 2.45) is 0 Å². The number of fused-ring (bicyclic) bond motifs is 1. The molecule has 0 saturated heterocycles. The Bertz CT molecular complexity index is 1200. The van der Waals surface area contributed by atoms with Gasteiger partial charge in [0.15, 0.2) is 5.65 Å². The highest BCUT2D eigenvalue weighted by atomic mass is 19.3. The second kappa shape index (κ2) is 7.42. The lowest BCUT2D eigenvalue weighted by Gasteiger charge is -2.09. The predicted molar refractivity (Wildman–Crippen MR) is 103 cm³/mol. The lowest BCUT2D eigenvalue weighted by Crippen LogP contribution is -2.13. The van der Waals surface area contributed by atoms with Crippen LogP contribution in [0.25, 0.3) is 5.65 Å². The Labute approximate surface area is 165 Å². The highest BCUT2D eigenvalue weighted by Gasteiger charge is 2.20. The molecule has 0 unspecified atom stereocenters. The predicted octanol–water partition coefficient (Wildman–Crippen LogP) is 3.78. The van der Waals surface area contributed by atoms with Crippen molar-refractivity contribution in [2.45, 2.75) is 26.8 Å². The second-order valence-corrected chi connectivity index (χ2v) is 6.67. The second-order valence-electron chi connectivity index (χ2n) is 6.67. The Morgan fingerprint density at radius 2 is 2.07 bits per heavy atom. The molecule has 0 fully saturated rings. The van der Waals surface area contributed by atoms with Gasteiger partial charge in [-0.1, -0.05) is 12.1 Å². The van der Waals surface area contributed by atoms with Crippen LogP contribution in [0.15, 0.2) is 48.9 Å². The summed E-state index contributed by atoms with van der Waals surface area (Å²) >= 11 is 0. The van der Waals surface area contributed by atoms with Gasteiger partial charge in [-0.15, -0.1) is 0 Å². The Hall–Kier alpha value is -3.62. The summed E-state index contributed by atoms with van der Waals surface area (Å²) in [6, 6.07) is 8.66. The van der Waals surface area contributed by atoms with Gasteiger partial charge in [-0.2, -0.15) is 5.10 Å². The van der Waals surface area contributed by atoms with E-state index in [1.165, 1.54) is 12.3 Å². The fourth-order valence-electron chi connectivity index (χ4n) is 3.14. The number of hydrogen-bond donors (Lipinski definition) is 1. The molecular weight excluding hydrogens is 378 g/mol. The average molecular weight is 396 g/mol. The minimum atomic E-state index is -2.72. The minimum absolute atomic E-state index is 0.1000. The lowest BCUT2D eigenvalue weighted by atomic mass is 10.2. The van der Waals surface area contributed by atoms with Crippen LogP contribution in [0.1, 0.15) is 39.6 Å². The summed E-state index contributed by atoms with van der Waals surface area (Å²) in [5, 5.41) is 6.72. The molecule has 29 heavy (non-hydrogen) atoms. The van der Waals surface area contributed by atoms with Gasteiger partial charge in [0.05, 0.1) is 6.20 Å². The van der Waals surface area contributed by atoms with Gasteiger partial charge in [0.2, 0.25) is 0 Å². The van der Waals surface area contributed by atoms with Gasteiger partial charge in [0.25, 0.3) is 12.3 Å². The van der Waals surface area contributed by atoms with Crippen molar-refractivity contribution < 1.29 is 13.6 Å². The quantitative estimate of drug-likeness (QED) is 0.557. The van der Waals surface area contributed by atoms with Crippen molar-refractivity contribution in [1.82, 2.24) is 24.1 Å². The Balaban J connectivity index is 1.60. The maximum absolute atomic E-state index is 13.3. The van der Waals surface area contributed by atoms with Crippen LogP contribution in [0.4, 0.5) is 14.5 Å². The van der Waals surface area contributed by atoms with Crippen LogP contribution in [0.3, 0.4) is 0 Å². The van der Waals surface area contributed by atoms with Crippen molar-refractivity contribution in [3.8, 4) is 0 Å². The number of anilines is 1. The van der Waals surface area contributed by atoms with Crippen LogP contribution in [0, 0.1) is 13.8 Å². The van der Waals surface area contributed by atoms with Crippen molar-refractivity contribution in [2.75, 3.05) is 5.32 Å². The van der Waals surface area contributed by atoms with Crippen LogP contribution >= 0.6 is 0 Å². The first kappa shape index (κ1) is 18.7. The highest BCUT2D eigenvalue weighted by molar-refractivity contribution is 6.08. The lowest BCUT2D eigenvalue weighted by molar-refractivity contribution is 0.102. The molecule has 0 bridgehead atoms. The zero-order chi connectivity index (χ0) is 20.5. The van der Waals surface area contributed by atoms with Crippen molar-refractivity contribution in [3.05, 3.63) is 77.3 Å². The molecule has 9 heteroatoms. The maximum atomic E-state index is 13.3. The van der Waals surface area contributed by atoms with E-state index in [0.29, 0.717) is 17.9 Å². The molecule has 3 aromatic heterocycles. The molecule has 4 rings (SSSR count). The first-order valence-electron chi connectivity index (χ1n) is 8.94. The Morgan fingerprint density at radius 3 is 2.79 bits per heavy atom. The first-order chi connectivity index (χ1) is 13.9. The van der Waals surface area contributed by atoms with E-state index in [9.17, 15) is 13.6 Å². The summed E-state index contributed by atoms with van der Waals surface area (Å²) < 4.78 is 29.5. The molecule has 0 aliphatic heterocycles. The molecule has 0 aliphatic rings. The molecule has 0 aliphatic carbocycles. The van der Waals surface area contributed by atoms with E-state index in [0.717, 1.165) is 15.9 Å². The average Bonchev–Trinajstić information content (AvgIpc) is 3.27. The number of benzene rings is 1. The summed E-state index contributed by atoms with van der Waals surface area (Å²) in [6.45, 7) is 4.13. The van der Waals surface area contributed by atoms with Gasteiger partial charge in [-0.25, -0.2) is 23.3 Å². The number of amides is 1. The number of imidazole rings is 1. The van der Waals surface area contributed by atoms with Gasteiger partial charge in [-0.3, -0.25) is 4.79 Å². The van der Waals surface area contributed by atoms with Crippen LogP contribution in [-0.2, 0) is 6.54 Å². The standard InChI is InChI=1S/C20H18F2N6O/c1-12-8-17(18(21)22)28-19(25-12)16(10-24-28)20(29)26-15-5-3-4-14(9-15)11-27-7-6-23-13(27)2/h3-10,18H,11H2,1-2H3,(H,26,29). The first-order valence-corrected chi connectivity index (χ1v) is 8.94. The van der Waals surface area contributed by atoms with Crippen LogP contribution < -0.4 is 5.32 Å². The zero-order valence-corrected chi connectivity index (χ0v) is 15.8. The van der Waals surface area contributed by atoms with E-state index in [-0.39, 0.29) is 16.9 Å². The minimum Gasteiger partial charge on any atom is -0.331 e. The van der Waals surface area contributed by atoms with Crippen LogP contribution in [0.5, 0.6) is 0 Å². The summed E-state index contributed by atoms with van der Waals surface area (Å²) in [5.41, 5.74) is 1.89. The van der Waals surface area contributed by atoms with E-state index in [1.54, 1.807) is 19.2 Å². The number of aromatic nitrogens is 5. The third kappa shape index (κ3) is 3.71. The number of carbonyl (C=O) groups is 1. The molecule has 0 radical (unpaired) electrons. The molecule has 4 aromatic rings. The van der Waals surface area contributed by atoms with E-state index in [4.69, 9.17) is 0 Å². The fraction of sp³-hybridized carbons (Fsp3) is 0.200. The third-order valence-corrected chi connectivity index (χ3v) is 4.56. The number of nitrogens with zero attached hydrogens (tertiary/aromatic N) is 5. The van der Waals surface area contributed by atoms with E-state index in [1.807, 2.05) is 35.9 Å². The topological polar surface area (TPSA) is 77.1 Å². The van der Waals surface area contributed by atoms with Crippen molar-refractivity contribution >= 4 is 17.2 Å². The fourth-order valence-corrected chi connectivity index (χ4v) is 3.14. The SMILES string of the molecule is Cc1cc(C(F)F)n2ncc(C(=O)Nc3cccc(Cn4ccnc4C)c3)c2n1. The van der Waals surface area contributed by atoms with E-state index in [2.05, 4.69) is 20.4 Å². The van der Waals surface area contributed by atoms with Crippen molar-refractivity contribution in [1.29, 1.82) is 0 Å². The van der Waals surface area contributed by atoms with Gasteiger partial charge >= 0.3 is 0 Å². The summed E-state index contributed by atoms with van der Waals surface area (Å²) in [7, 11) is 0. The molecule has 148 valence electrons. The van der Waals surface area contributed by atoms with Crippen molar-refractivity contribution in [3.63, 3.8) is 0 Å².